The number of benzene rings is 1. The van der Waals surface area contributed by atoms with Crippen molar-refractivity contribution in [1.29, 1.82) is 0 Å². The Hall–Kier alpha value is -1.41. The Kier molecular flexibility index (Phi) is 7.46. The van der Waals surface area contributed by atoms with Crippen LogP contribution in [0.2, 0.25) is 0 Å². The van der Waals surface area contributed by atoms with E-state index in [9.17, 15) is 20.4 Å². The van der Waals surface area contributed by atoms with Crippen molar-refractivity contribution in [2.75, 3.05) is 26.9 Å². The predicted molar refractivity (Wildman–Crippen MR) is 146 cm³/mol. The summed E-state index contributed by atoms with van der Waals surface area (Å²) in [6.45, 7) is 4.56. The van der Waals surface area contributed by atoms with Crippen molar-refractivity contribution in [2.24, 2.45) is 23.7 Å². The SMILES string of the molecule is COC1(c2cc(OC(CO)OC(CO)C(O)CO)c3nc(C(C)(C)C)sc3c2)OOC12C1CC3CC(C1)CC2C3. The highest BCUT2D eigenvalue weighted by molar-refractivity contribution is 7.18. The molecule has 4 unspecified atom stereocenters. The molecule has 1 aliphatic heterocycles. The normalized spacial score (nSPS) is 35.2. The number of nitrogens with zero attached hydrogens (tertiary/aromatic N) is 1. The van der Waals surface area contributed by atoms with Gasteiger partial charge in [-0.3, -0.25) is 0 Å². The summed E-state index contributed by atoms with van der Waals surface area (Å²) < 4.78 is 19.0. The standard InChI is InChI=1S/C29H41NO9S/c1-27(2,3)26-30-25-21(36-24(14-33)37-22(13-32)20(34)12-31)10-19(11-23(25)40-26)29(35-4)28(38-39-29)17-6-15-5-16(8-17)9-18(28)7-15/h10-11,15-18,20,22,24,31-34H,5-9,12-14H2,1-4H3. The summed E-state index contributed by atoms with van der Waals surface area (Å²) in [6.07, 6.45) is 2.03. The third-order valence-electron chi connectivity index (χ3n) is 9.46. The van der Waals surface area contributed by atoms with Crippen molar-refractivity contribution in [3.8, 4) is 5.75 Å². The summed E-state index contributed by atoms with van der Waals surface area (Å²) in [5.74, 6) is 1.38. The molecule has 5 fully saturated rings. The van der Waals surface area contributed by atoms with Gasteiger partial charge in [-0.05, 0) is 67.9 Å². The maximum Gasteiger partial charge on any atom is 0.260 e. The lowest BCUT2D eigenvalue weighted by atomic mass is 9.47. The van der Waals surface area contributed by atoms with E-state index in [1.807, 2.05) is 6.07 Å². The Balaban J connectivity index is 1.42. The van der Waals surface area contributed by atoms with Crippen molar-refractivity contribution < 1.29 is 44.4 Å². The molecule has 2 aromatic rings. The van der Waals surface area contributed by atoms with Crippen LogP contribution in [0, 0.1) is 23.7 Å². The van der Waals surface area contributed by atoms with Crippen LogP contribution in [0.25, 0.3) is 10.2 Å². The molecule has 222 valence electrons. The number of rotatable bonds is 10. The number of aliphatic hydroxyl groups is 4. The monoisotopic (exact) mass is 579 g/mol. The van der Waals surface area contributed by atoms with Crippen molar-refractivity contribution in [2.45, 2.75) is 88.2 Å². The molecule has 0 radical (unpaired) electrons. The van der Waals surface area contributed by atoms with Crippen molar-refractivity contribution >= 4 is 21.6 Å². The molecule has 1 aromatic carbocycles. The smallest absolute Gasteiger partial charge is 0.260 e. The molecule has 11 heteroatoms. The second kappa shape index (κ2) is 10.4. The van der Waals surface area contributed by atoms with Crippen LogP contribution in [-0.2, 0) is 30.5 Å². The molecule has 4 bridgehead atoms. The van der Waals surface area contributed by atoms with Gasteiger partial charge >= 0.3 is 0 Å². The summed E-state index contributed by atoms with van der Waals surface area (Å²) in [4.78, 5) is 17.1. The van der Waals surface area contributed by atoms with Gasteiger partial charge in [-0.25, -0.2) is 9.87 Å². The Labute approximate surface area is 238 Å². The van der Waals surface area contributed by atoms with Crippen LogP contribution in [0.4, 0.5) is 0 Å². The predicted octanol–water partition coefficient (Wildman–Crippen LogP) is 2.98. The molecule has 1 aromatic heterocycles. The van der Waals surface area contributed by atoms with E-state index < -0.39 is 49.7 Å². The van der Waals surface area contributed by atoms with E-state index in [4.69, 9.17) is 29.0 Å². The molecule has 2 heterocycles. The fourth-order valence-electron chi connectivity index (χ4n) is 7.77. The Morgan fingerprint density at radius 1 is 1.00 bits per heavy atom. The molecule has 5 aliphatic rings. The highest BCUT2D eigenvalue weighted by atomic mass is 32.1. The average molecular weight is 580 g/mol. The van der Waals surface area contributed by atoms with Gasteiger partial charge in [0.1, 0.15) is 24.3 Å². The van der Waals surface area contributed by atoms with Crippen LogP contribution in [0.1, 0.15) is 63.4 Å². The van der Waals surface area contributed by atoms with E-state index >= 15 is 0 Å². The lowest BCUT2D eigenvalue weighted by Crippen LogP contribution is -2.76. The first-order valence-electron chi connectivity index (χ1n) is 14.3. The van der Waals surface area contributed by atoms with Crippen LogP contribution in [0.15, 0.2) is 12.1 Å². The molecule has 40 heavy (non-hydrogen) atoms. The number of hydrogen-bond acceptors (Lipinski definition) is 11. The quantitative estimate of drug-likeness (QED) is 0.245. The summed E-state index contributed by atoms with van der Waals surface area (Å²) in [7, 11) is 1.66. The van der Waals surface area contributed by atoms with Gasteiger partial charge in [-0.1, -0.05) is 20.8 Å². The summed E-state index contributed by atoms with van der Waals surface area (Å²) >= 11 is 1.56. The average Bonchev–Trinajstić information content (AvgIpc) is 3.36. The van der Waals surface area contributed by atoms with Crippen LogP contribution >= 0.6 is 11.3 Å². The van der Waals surface area contributed by atoms with Crippen LogP contribution < -0.4 is 4.74 Å². The van der Waals surface area contributed by atoms with Gasteiger partial charge in [-0.2, -0.15) is 4.89 Å². The Bertz CT molecular complexity index is 1200. The lowest BCUT2D eigenvalue weighted by molar-refractivity contribution is -0.645. The minimum Gasteiger partial charge on any atom is -0.460 e. The van der Waals surface area contributed by atoms with Gasteiger partial charge in [0, 0.05) is 18.1 Å². The van der Waals surface area contributed by atoms with E-state index in [-0.39, 0.29) is 5.41 Å². The first kappa shape index (κ1) is 28.7. The zero-order valence-electron chi connectivity index (χ0n) is 23.5. The van der Waals surface area contributed by atoms with Gasteiger partial charge < -0.3 is 34.6 Å². The number of fused-ring (bicyclic) bond motifs is 1. The number of aliphatic hydroxyl groups excluding tert-OH is 4. The third kappa shape index (κ3) is 4.32. The third-order valence-corrected chi connectivity index (χ3v) is 10.9. The van der Waals surface area contributed by atoms with Gasteiger partial charge in [0.05, 0.1) is 22.9 Å². The van der Waals surface area contributed by atoms with E-state index in [0.717, 1.165) is 52.8 Å². The number of ether oxygens (including phenoxy) is 3. The van der Waals surface area contributed by atoms with Crippen LogP contribution in [-0.4, -0.2) is 76.4 Å². The molecule has 4 atom stereocenters. The largest absolute Gasteiger partial charge is 0.460 e. The summed E-state index contributed by atoms with van der Waals surface area (Å²) in [6, 6.07) is 3.88. The Morgan fingerprint density at radius 2 is 1.68 bits per heavy atom. The van der Waals surface area contributed by atoms with E-state index in [1.165, 1.54) is 6.42 Å². The second-order valence-corrected chi connectivity index (χ2v) is 14.0. The maximum atomic E-state index is 10.1. The van der Waals surface area contributed by atoms with E-state index in [2.05, 4.69) is 26.8 Å². The fourth-order valence-corrected chi connectivity index (χ4v) is 8.85. The van der Waals surface area contributed by atoms with Crippen molar-refractivity contribution in [3.05, 3.63) is 22.7 Å². The fraction of sp³-hybridized carbons (Fsp3) is 0.759. The number of hydrogen-bond donors (Lipinski definition) is 4. The molecular weight excluding hydrogens is 538 g/mol. The van der Waals surface area contributed by atoms with Gasteiger partial charge in [0.2, 0.25) is 6.29 Å². The van der Waals surface area contributed by atoms with Crippen LogP contribution in [0.3, 0.4) is 0 Å². The second-order valence-electron chi connectivity index (χ2n) is 13.0. The van der Waals surface area contributed by atoms with Crippen molar-refractivity contribution in [3.63, 3.8) is 0 Å². The number of thiazole rings is 1. The highest BCUT2D eigenvalue weighted by Gasteiger charge is 2.76. The zero-order valence-corrected chi connectivity index (χ0v) is 24.4. The molecule has 0 amide bonds. The molecule has 4 aliphatic carbocycles. The molecule has 10 nitrogen and oxygen atoms in total. The van der Waals surface area contributed by atoms with E-state index in [1.54, 1.807) is 18.4 Å². The zero-order chi connectivity index (χ0) is 28.4. The molecular formula is C29H41NO9S. The minimum absolute atomic E-state index is 0.209. The summed E-state index contributed by atoms with van der Waals surface area (Å²) in [5.41, 5.74) is 0.567. The van der Waals surface area contributed by atoms with Gasteiger partial charge in [0.25, 0.3) is 5.79 Å². The molecule has 7 rings (SSSR count). The van der Waals surface area contributed by atoms with Crippen LogP contribution in [0.5, 0.6) is 5.75 Å². The molecule has 1 saturated heterocycles. The molecule has 4 N–H and O–H groups in total. The van der Waals surface area contributed by atoms with Gasteiger partial charge in [-0.15, -0.1) is 11.3 Å². The molecule has 4 saturated carbocycles. The number of aromatic nitrogens is 1. The highest BCUT2D eigenvalue weighted by Crippen LogP contribution is 2.69. The van der Waals surface area contributed by atoms with Crippen molar-refractivity contribution in [1.82, 2.24) is 4.98 Å². The maximum absolute atomic E-state index is 10.1. The lowest BCUT2D eigenvalue weighted by Gasteiger charge is -2.68. The minimum atomic E-state index is -1.34. The van der Waals surface area contributed by atoms with Gasteiger partial charge in [0.15, 0.2) is 11.4 Å². The topological polar surface area (TPSA) is 140 Å². The first-order valence-corrected chi connectivity index (χ1v) is 15.1. The van der Waals surface area contributed by atoms with E-state index in [0.29, 0.717) is 23.1 Å². The Morgan fingerprint density at radius 3 is 2.17 bits per heavy atom. The number of methoxy groups -OCH3 is 1. The molecule has 1 spiro atoms. The first-order chi connectivity index (χ1) is 19.1. The summed E-state index contributed by atoms with van der Waals surface area (Å²) in [5, 5.41) is 40.0.